The minimum absolute atomic E-state index is 0.181. The zero-order valence-electron chi connectivity index (χ0n) is 12.6. The highest BCUT2D eigenvalue weighted by atomic mass is 79.9. The van der Waals surface area contributed by atoms with Crippen LogP contribution < -0.4 is 5.32 Å². The molecule has 2 fully saturated rings. The third kappa shape index (κ3) is 3.84. The molecule has 3 rings (SSSR count). The van der Waals surface area contributed by atoms with E-state index < -0.39 is 0 Å². The molecule has 3 unspecified atom stereocenters. The van der Waals surface area contributed by atoms with E-state index in [2.05, 4.69) is 64.3 Å². The largest absolute Gasteiger partial charge is 0.374 e. The molecular weight excluding hydrogens is 346 g/mol. The van der Waals surface area contributed by atoms with Gasteiger partial charge in [0, 0.05) is 22.9 Å². The van der Waals surface area contributed by atoms with E-state index in [1.54, 1.807) is 0 Å². The lowest BCUT2D eigenvalue weighted by Gasteiger charge is -2.41. The Bertz CT molecular complexity index is 476. The fourth-order valence-corrected chi connectivity index (χ4v) is 5.52. The Kier molecular flexibility index (Phi) is 5.31. The van der Waals surface area contributed by atoms with Crippen LogP contribution in [0.5, 0.6) is 0 Å². The SMILES string of the molecule is CNC(Cc1cccc(Br)c1)C1CCOC2(CCSC2)C1. The molecule has 0 saturated carbocycles. The molecule has 1 spiro atoms. The van der Waals surface area contributed by atoms with Crippen molar-refractivity contribution in [3.8, 4) is 0 Å². The fourth-order valence-electron chi connectivity index (χ4n) is 3.69. The summed E-state index contributed by atoms with van der Waals surface area (Å²) in [5.74, 6) is 3.18. The summed E-state index contributed by atoms with van der Waals surface area (Å²) in [7, 11) is 2.11. The summed E-state index contributed by atoms with van der Waals surface area (Å²) in [6, 6.07) is 9.24. The summed E-state index contributed by atoms with van der Waals surface area (Å²) in [6.07, 6.45) is 4.75. The standard InChI is InChI=1S/C17H24BrNOS/c1-19-16(10-13-3-2-4-15(18)9-13)14-5-7-20-17(11-14)6-8-21-12-17/h2-4,9,14,16,19H,5-8,10-12H2,1H3. The molecule has 0 radical (unpaired) electrons. The zero-order valence-corrected chi connectivity index (χ0v) is 15.0. The van der Waals surface area contributed by atoms with Gasteiger partial charge in [-0.25, -0.2) is 0 Å². The van der Waals surface area contributed by atoms with E-state index in [-0.39, 0.29) is 5.60 Å². The van der Waals surface area contributed by atoms with Crippen LogP contribution in [-0.4, -0.2) is 36.8 Å². The second-order valence-electron chi connectivity index (χ2n) is 6.32. The highest BCUT2D eigenvalue weighted by molar-refractivity contribution is 9.10. The number of hydrogen-bond donors (Lipinski definition) is 1. The number of ether oxygens (including phenoxy) is 1. The molecule has 1 N–H and O–H groups in total. The number of likely N-dealkylation sites (N-methyl/N-ethyl adjacent to an activating group) is 1. The molecule has 116 valence electrons. The predicted octanol–water partition coefficient (Wildman–Crippen LogP) is 3.88. The van der Waals surface area contributed by atoms with Gasteiger partial charge in [0.2, 0.25) is 0 Å². The van der Waals surface area contributed by atoms with Crippen LogP contribution in [0.15, 0.2) is 28.7 Å². The molecule has 3 atom stereocenters. The molecule has 2 heterocycles. The first-order valence-electron chi connectivity index (χ1n) is 7.84. The molecule has 2 saturated heterocycles. The first-order chi connectivity index (χ1) is 10.2. The van der Waals surface area contributed by atoms with Crippen molar-refractivity contribution in [1.82, 2.24) is 5.32 Å². The molecule has 4 heteroatoms. The molecule has 2 aliphatic rings. The normalized spacial score (nSPS) is 30.7. The van der Waals surface area contributed by atoms with Gasteiger partial charge >= 0.3 is 0 Å². The van der Waals surface area contributed by atoms with Gasteiger partial charge in [-0.05, 0) is 62.1 Å². The van der Waals surface area contributed by atoms with Crippen molar-refractivity contribution in [2.75, 3.05) is 25.2 Å². The van der Waals surface area contributed by atoms with Crippen LogP contribution in [0, 0.1) is 5.92 Å². The van der Waals surface area contributed by atoms with Gasteiger partial charge in [-0.2, -0.15) is 11.8 Å². The van der Waals surface area contributed by atoms with Crippen LogP contribution in [0.2, 0.25) is 0 Å². The maximum absolute atomic E-state index is 6.16. The summed E-state index contributed by atoms with van der Waals surface area (Å²) in [5.41, 5.74) is 1.59. The molecule has 0 aromatic heterocycles. The van der Waals surface area contributed by atoms with Gasteiger partial charge in [0.25, 0.3) is 0 Å². The average molecular weight is 370 g/mol. The molecular formula is C17H24BrNOS. The summed E-state index contributed by atoms with van der Waals surface area (Å²) in [5, 5.41) is 3.57. The van der Waals surface area contributed by atoms with E-state index in [1.165, 1.54) is 40.8 Å². The second kappa shape index (κ2) is 7.03. The van der Waals surface area contributed by atoms with Crippen molar-refractivity contribution in [3.05, 3.63) is 34.3 Å². The zero-order chi connectivity index (χ0) is 14.7. The van der Waals surface area contributed by atoms with Gasteiger partial charge in [-0.15, -0.1) is 0 Å². The van der Waals surface area contributed by atoms with Crippen molar-refractivity contribution < 1.29 is 4.74 Å². The van der Waals surface area contributed by atoms with Crippen molar-refractivity contribution in [2.45, 2.75) is 37.3 Å². The van der Waals surface area contributed by atoms with Crippen LogP contribution in [-0.2, 0) is 11.2 Å². The number of rotatable bonds is 4. The minimum Gasteiger partial charge on any atom is -0.374 e. The molecule has 0 aliphatic carbocycles. The lowest BCUT2D eigenvalue weighted by molar-refractivity contribution is -0.0847. The Hall–Kier alpha value is -0.0300. The van der Waals surface area contributed by atoms with E-state index in [0.29, 0.717) is 6.04 Å². The molecule has 2 nitrogen and oxygen atoms in total. The first kappa shape index (κ1) is 15.9. The Balaban J connectivity index is 1.67. The van der Waals surface area contributed by atoms with Crippen LogP contribution in [0.4, 0.5) is 0 Å². The quantitative estimate of drug-likeness (QED) is 0.869. The Labute approximate surface area is 140 Å². The van der Waals surface area contributed by atoms with Gasteiger partial charge in [0.15, 0.2) is 0 Å². The second-order valence-corrected chi connectivity index (χ2v) is 8.34. The van der Waals surface area contributed by atoms with E-state index in [0.717, 1.165) is 18.9 Å². The molecule has 0 bridgehead atoms. The highest BCUT2D eigenvalue weighted by Gasteiger charge is 2.42. The monoisotopic (exact) mass is 369 g/mol. The molecule has 0 amide bonds. The predicted molar refractivity (Wildman–Crippen MR) is 94.0 cm³/mol. The third-order valence-corrected chi connectivity index (χ3v) is 6.60. The molecule has 21 heavy (non-hydrogen) atoms. The van der Waals surface area contributed by atoms with Crippen molar-refractivity contribution >= 4 is 27.7 Å². The summed E-state index contributed by atoms with van der Waals surface area (Å²) >= 11 is 5.63. The Morgan fingerprint density at radius 2 is 2.43 bits per heavy atom. The van der Waals surface area contributed by atoms with Crippen LogP contribution in [0.1, 0.15) is 24.8 Å². The van der Waals surface area contributed by atoms with Gasteiger partial charge in [-0.3, -0.25) is 0 Å². The lowest BCUT2D eigenvalue weighted by Crippen LogP contribution is -2.47. The Morgan fingerprint density at radius 1 is 1.52 bits per heavy atom. The molecule has 1 aromatic rings. The number of halogens is 1. The molecule has 2 aliphatic heterocycles. The van der Waals surface area contributed by atoms with Gasteiger partial charge < -0.3 is 10.1 Å². The van der Waals surface area contributed by atoms with Crippen molar-refractivity contribution in [1.29, 1.82) is 0 Å². The van der Waals surface area contributed by atoms with E-state index >= 15 is 0 Å². The summed E-state index contributed by atoms with van der Waals surface area (Å²) in [4.78, 5) is 0. The maximum atomic E-state index is 6.16. The lowest BCUT2D eigenvalue weighted by atomic mass is 9.79. The Morgan fingerprint density at radius 3 is 3.14 bits per heavy atom. The van der Waals surface area contributed by atoms with Gasteiger partial charge in [0.1, 0.15) is 0 Å². The minimum atomic E-state index is 0.181. The fraction of sp³-hybridized carbons (Fsp3) is 0.647. The maximum Gasteiger partial charge on any atom is 0.0783 e. The van der Waals surface area contributed by atoms with E-state index in [9.17, 15) is 0 Å². The van der Waals surface area contributed by atoms with Crippen LogP contribution in [0.25, 0.3) is 0 Å². The number of hydrogen-bond acceptors (Lipinski definition) is 3. The average Bonchev–Trinajstić information content (AvgIpc) is 2.92. The third-order valence-electron chi connectivity index (χ3n) is 4.88. The topological polar surface area (TPSA) is 21.3 Å². The summed E-state index contributed by atoms with van der Waals surface area (Å²) in [6.45, 7) is 0.932. The molecule has 1 aromatic carbocycles. The highest BCUT2D eigenvalue weighted by Crippen LogP contribution is 2.41. The van der Waals surface area contributed by atoms with Crippen molar-refractivity contribution in [2.24, 2.45) is 5.92 Å². The number of benzene rings is 1. The van der Waals surface area contributed by atoms with Crippen LogP contribution in [0.3, 0.4) is 0 Å². The smallest absolute Gasteiger partial charge is 0.0783 e. The van der Waals surface area contributed by atoms with Crippen LogP contribution >= 0.6 is 27.7 Å². The van der Waals surface area contributed by atoms with Crippen molar-refractivity contribution in [3.63, 3.8) is 0 Å². The first-order valence-corrected chi connectivity index (χ1v) is 9.79. The number of nitrogens with one attached hydrogen (secondary N) is 1. The number of thioether (sulfide) groups is 1. The van der Waals surface area contributed by atoms with Gasteiger partial charge in [0.05, 0.1) is 5.60 Å². The summed E-state index contributed by atoms with van der Waals surface area (Å²) < 4.78 is 7.34. The van der Waals surface area contributed by atoms with Gasteiger partial charge in [-0.1, -0.05) is 28.1 Å². The van der Waals surface area contributed by atoms with E-state index in [1.807, 2.05) is 0 Å². The van der Waals surface area contributed by atoms with E-state index in [4.69, 9.17) is 4.74 Å².